The van der Waals surface area contributed by atoms with Gasteiger partial charge in [0.25, 0.3) is 0 Å². The Morgan fingerprint density at radius 3 is 2.81 bits per heavy atom. The van der Waals surface area contributed by atoms with Gasteiger partial charge in [-0.05, 0) is 26.2 Å². The number of hydrogen-bond donors (Lipinski definition) is 1. The molecule has 1 N–H and O–H groups in total. The predicted molar refractivity (Wildman–Crippen MR) is 62.5 cm³/mol. The largest absolute Gasteiger partial charge is 0.481 e. The van der Waals surface area contributed by atoms with Gasteiger partial charge in [0.15, 0.2) is 0 Å². The summed E-state index contributed by atoms with van der Waals surface area (Å²) in [6.07, 6.45) is 1.26. The van der Waals surface area contributed by atoms with E-state index in [0.29, 0.717) is 25.3 Å². The normalized spacial score (nSPS) is 26.5. The number of carbonyl (C=O) groups is 1. The van der Waals surface area contributed by atoms with Gasteiger partial charge in [-0.1, -0.05) is 6.92 Å². The first-order chi connectivity index (χ1) is 7.50. The highest BCUT2D eigenvalue weighted by Gasteiger charge is 2.31. The van der Waals surface area contributed by atoms with E-state index in [-0.39, 0.29) is 6.42 Å². The molecule has 1 aliphatic rings. The topological polar surface area (TPSA) is 49.8 Å². The van der Waals surface area contributed by atoms with Crippen molar-refractivity contribution in [1.82, 2.24) is 4.90 Å². The average Bonchev–Trinajstić information content (AvgIpc) is 2.54. The number of likely N-dealkylation sites (tertiary alicyclic amines) is 1. The fourth-order valence-corrected chi connectivity index (χ4v) is 2.36. The van der Waals surface area contributed by atoms with Crippen molar-refractivity contribution in [2.24, 2.45) is 5.92 Å². The van der Waals surface area contributed by atoms with Gasteiger partial charge in [-0.2, -0.15) is 0 Å². The first-order valence-electron chi connectivity index (χ1n) is 6.06. The van der Waals surface area contributed by atoms with E-state index in [2.05, 4.69) is 25.7 Å². The SMILES string of the molecule is CC(C)N1C[C@H](C)C[C@H]1COCCC(=O)O. The predicted octanol–water partition coefficient (Wildman–Crippen LogP) is 1.60. The van der Waals surface area contributed by atoms with Crippen LogP contribution in [0, 0.1) is 5.92 Å². The lowest BCUT2D eigenvalue weighted by atomic mass is 10.1. The molecule has 0 aromatic carbocycles. The molecule has 0 saturated carbocycles. The molecule has 1 saturated heterocycles. The average molecular weight is 229 g/mol. The third-order valence-electron chi connectivity index (χ3n) is 3.10. The molecule has 0 spiro atoms. The van der Waals surface area contributed by atoms with E-state index in [9.17, 15) is 4.79 Å². The second-order valence-electron chi connectivity index (χ2n) is 5.00. The van der Waals surface area contributed by atoms with Crippen molar-refractivity contribution in [3.8, 4) is 0 Å². The van der Waals surface area contributed by atoms with Gasteiger partial charge in [0, 0.05) is 18.6 Å². The van der Waals surface area contributed by atoms with Crippen molar-refractivity contribution in [1.29, 1.82) is 0 Å². The first-order valence-corrected chi connectivity index (χ1v) is 6.06. The zero-order chi connectivity index (χ0) is 12.1. The molecule has 0 aliphatic carbocycles. The minimum Gasteiger partial charge on any atom is -0.481 e. The van der Waals surface area contributed by atoms with Gasteiger partial charge in [-0.15, -0.1) is 0 Å². The third kappa shape index (κ3) is 4.10. The number of carboxylic acids is 1. The van der Waals surface area contributed by atoms with Crippen LogP contribution in [0.1, 0.15) is 33.6 Å². The van der Waals surface area contributed by atoms with E-state index in [0.717, 1.165) is 18.9 Å². The summed E-state index contributed by atoms with van der Waals surface area (Å²) >= 11 is 0. The van der Waals surface area contributed by atoms with Gasteiger partial charge in [0.05, 0.1) is 19.6 Å². The Morgan fingerprint density at radius 1 is 1.56 bits per heavy atom. The number of ether oxygens (including phenoxy) is 1. The third-order valence-corrected chi connectivity index (χ3v) is 3.10. The molecule has 94 valence electrons. The summed E-state index contributed by atoms with van der Waals surface area (Å²) in [5.41, 5.74) is 0. The van der Waals surface area contributed by atoms with Crippen LogP contribution in [-0.4, -0.2) is 47.8 Å². The van der Waals surface area contributed by atoms with E-state index in [1.54, 1.807) is 0 Å². The summed E-state index contributed by atoms with van der Waals surface area (Å²) in [7, 11) is 0. The van der Waals surface area contributed by atoms with Crippen LogP contribution in [0.2, 0.25) is 0 Å². The van der Waals surface area contributed by atoms with Crippen LogP contribution in [0.25, 0.3) is 0 Å². The van der Waals surface area contributed by atoms with Crippen molar-refractivity contribution in [2.45, 2.75) is 45.7 Å². The zero-order valence-electron chi connectivity index (χ0n) is 10.5. The highest BCUT2D eigenvalue weighted by atomic mass is 16.5. The van der Waals surface area contributed by atoms with Crippen molar-refractivity contribution >= 4 is 5.97 Å². The van der Waals surface area contributed by atoms with Crippen molar-refractivity contribution in [2.75, 3.05) is 19.8 Å². The quantitative estimate of drug-likeness (QED) is 0.703. The molecular formula is C12H23NO3. The minimum atomic E-state index is -0.791. The Bertz CT molecular complexity index is 230. The molecule has 0 unspecified atom stereocenters. The van der Waals surface area contributed by atoms with Crippen LogP contribution in [-0.2, 0) is 9.53 Å². The van der Waals surface area contributed by atoms with Crippen molar-refractivity contribution in [3.05, 3.63) is 0 Å². The Hall–Kier alpha value is -0.610. The molecule has 2 atom stereocenters. The molecule has 1 aliphatic heterocycles. The molecule has 16 heavy (non-hydrogen) atoms. The highest BCUT2D eigenvalue weighted by molar-refractivity contribution is 5.66. The Balaban J connectivity index is 2.26. The monoisotopic (exact) mass is 229 g/mol. The van der Waals surface area contributed by atoms with Crippen LogP contribution in [0.15, 0.2) is 0 Å². The van der Waals surface area contributed by atoms with Gasteiger partial charge in [-0.3, -0.25) is 9.69 Å². The van der Waals surface area contributed by atoms with E-state index in [1.165, 1.54) is 0 Å². The summed E-state index contributed by atoms with van der Waals surface area (Å²) in [6, 6.07) is 1.00. The lowest BCUT2D eigenvalue weighted by molar-refractivity contribution is -0.138. The number of aliphatic carboxylic acids is 1. The molecule has 1 heterocycles. The van der Waals surface area contributed by atoms with Crippen LogP contribution in [0.4, 0.5) is 0 Å². The fraction of sp³-hybridized carbons (Fsp3) is 0.917. The molecule has 0 bridgehead atoms. The maximum Gasteiger partial charge on any atom is 0.305 e. The molecule has 0 aromatic rings. The number of carboxylic acid groups (broad SMARTS) is 1. The summed E-state index contributed by atoms with van der Waals surface area (Å²) in [5, 5.41) is 8.50. The summed E-state index contributed by atoms with van der Waals surface area (Å²) in [5.74, 6) is -0.0732. The smallest absolute Gasteiger partial charge is 0.305 e. The molecule has 4 heteroatoms. The van der Waals surface area contributed by atoms with Gasteiger partial charge in [0.1, 0.15) is 0 Å². The minimum absolute atomic E-state index is 0.101. The first kappa shape index (κ1) is 13.5. The van der Waals surface area contributed by atoms with E-state index >= 15 is 0 Å². The van der Waals surface area contributed by atoms with E-state index < -0.39 is 5.97 Å². The Kier molecular flexibility index (Phi) is 5.22. The van der Waals surface area contributed by atoms with Crippen molar-refractivity contribution in [3.63, 3.8) is 0 Å². The lowest BCUT2D eigenvalue weighted by Crippen LogP contribution is -2.38. The molecule has 0 aromatic heterocycles. The van der Waals surface area contributed by atoms with Gasteiger partial charge < -0.3 is 9.84 Å². The Labute approximate surface area is 97.6 Å². The molecular weight excluding hydrogens is 206 g/mol. The van der Waals surface area contributed by atoms with Crippen LogP contribution in [0.5, 0.6) is 0 Å². The fourth-order valence-electron chi connectivity index (χ4n) is 2.36. The molecule has 1 fully saturated rings. The Morgan fingerprint density at radius 2 is 2.25 bits per heavy atom. The summed E-state index contributed by atoms with van der Waals surface area (Å²) in [4.78, 5) is 12.8. The summed E-state index contributed by atoms with van der Waals surface area (Å²) in [6.45, 7) is 8.77. The molecule has 4 nitrogen and oxygen atoms in total. The second kappa shape index (κ2) is 6.21. The molecule has 0 amide bonds. The molecule has 1 rings (SSSR count). The maximum atomic E-state index is 10.3. The van der Waals surface area contributed by atoms with Crippen LogP contribution in [0.3, 0.4) is 0 Å². The second-order valence-corrected chi connectivity index (χ2v) is 5.00. The van der Waals surface area contributed by atoms with E-state index in [1.807, 2.05) is 0 Å². The standard InChI is InChI=1S/C12H23NO3/c1-9(2)13-7-10(3)6-11(13)8-16-5-4-12(14)15/h9-11H,4-8H2,1-3H3,(H,14,15)/t10-,11+/m1/s1. The maximum absolute atomic E-state index is 10.3. The van der Waals surface area contributed by atoms with Crippen molar-refractivity contribution < 1.29 is 14.6 Å². The lowest BCUT2D eigenvalue weighted by Gasteiger charge is -2.27. The van der Waals surface area contributed by atoms with E-state index in [4.69, 9.17) is 9.84 Å². The number of hydrogen-bond acceptors (Lipinski definition) is 3. The van der Waals surface area contributed by atoms with Crippen LogP contribution < -0.4 is 0 Å². The van der Waals surface area contributed by atoms with Gasteiger partial charge in [0.2, 0.25) is 0 Å². The van der Waals surface area contributed by atoms with Crippen LogP contribution >= 0.6 is 0 Å². The number of rotatable bonds is 6. The number of nitrogens with zero attached hydrogens (tertiary/aromatic N) is 1. The summed E-state index contributed by atoms with van der Waals surface area (Å²) < 4.78 is 5.43. The van der Waals surface area contributed by atoms with Gasteiger partial charge in [-0.25, -0.2) is 0 Å². The molecule has 0 radical (unpaired) electrons. The highest BCUT2D eigenvalue weighted by Crippen LogP contribution is 2.24. The van der Waals surface area contributed by atoms with Gasteiger partial charge >= 0.3 is 5.97 Å². The zero-order valence-corrected chi connectivity index (χ0v) is 10.5.